The highest BCUT2D eigenvalue weighted by Gasteiger charge is 2.38. The maximum atomic E-state index is 6.27. The highest BCUT2D eigenvalue weighted by atomic mass is 16.3. The SMILES string of the molecule is CCC(C)C(C)(c1ccc2c(c1)c1ccccc1n2C(C)(CC)c1ccc2c(c1)c1ccccc1n2-c1ccc2c(c1)oc1ncccc12)n1c2ccccc2c2ccccc21. The molecule has 0 saturated carbocycles. The quantitative estimate of drug-likeness (QED) is 0.153. The Kier molecular flexibility index (Phi) is 7.96. The van der Waals surface area contributed by atoms with Gasteiger partial charge in [-0.15, -0.1) is 0 Å². The third-order valence-electron chi connectivity index (χ3n) is 14.8. The van der Waals surface area contributed by atoms with E-state index in [-0.39, 0.29) is 11.1 Å². The van der Waals surface area contributed by atoms with Crippen molar-refractivity contribution in [2.24, 2.45) is 5.92 Å². The van der Waals surface area contributed by atoms with E-state index in [0.29, 0.717) is 11.6 Å². The number of rotatable bonds is 8. The largest absolute Gasteiger partial charge is 0.438 e. The van der Waals surface area contributed by atoms with Gasteiger partial charge in [0.1, 0.15) is 5.58 Å². The maximum absolute atomic E-state index is 6.27. The normalized spacial score (nSPS) is 14.9. The number of para-hydroxylation sites is 4. The van der Waals surface area contributed by atoms with Crippen molar-refractivity contribution in [3.05, 3.63) is 181 Å². The number of nitrogens with zero attached hydrogens (tertiary/aromatic N) is 4. The van der Waals surface area contributed by atoms with Gasteiger partial charge in [-0.1, -0.05) is 112 Å². The van der Waals surface area contributed by atoms with Crippen molar-refractivity contribution in [2.75, 3.05) is 0 Å². The standard InChI is InChI=1S/C57H48N4O/c1-6-36(3)57(5,61-51-24-14-9-17-40(51)41-18-10-15-25-52(41)61)38-27-31-53-47(34-38)43-20-11-13-23-50(43)60(53)56(4,7-2)37-26-30-49-46(33-37)42-19-8-12-22-48(42)59(49)39-28-29-44-45-21-16-32-58-55(45)62-54(44)35-39/h8-36H,6-7H2,1-5H3. The van der Waals surface area contributed by atoms with Crippen molar-refractivity contribution in [1.82, 2.24) is 18.7 Å². The third-order valence-corrected chi connectivity index (χ3v) is 14.8. The number of hydrogen-bond acceptors (Lipinski definition) is 2. The molecule has 0 spiro atoms. The Morgan fingerprint density at radius 3 is 1.69 bits per heavy atom. The van der Waals surface area contributed by atoms with Crippen LogP contribution in [0.5, 0.6) is 0 Å². The molecular weight excluding hydrogens is 757 g/mol. The second-order valence-electron chi connectivity index (χ2n) is 17.8. The molecule has 5 heterocycles. The molecule has 0 fully saturated rings. The van der Waals surface area contributed by atoms with E-state index in [2.05, 4.69) is 211 Å². The van der Waals surface area contributed by atoms with Gasteiger partial charge in [-0.05, 0) is 110 Å². The van der Waals surface area contributed by atoms with Gasteiger partial charge in [0.2, 0.25) is 5.71 Å². The van der Waals surface area contributed by atoms with Gasteiger partial charge in [-0.2, -0.15) is 0 Å². The molecule has 0 amide bonds. The Labute approximate surface area is 360 Å². The zero-order valence-electron chi connectivity index (χ0n) is 35.9. The molecule has 5 aromatic heterocycles. The number of benzene rings is 7. The van der Waals surface area contributed by atoms with E-state index in [9.17, 15) is 0 Å². The van der Waals surface area contributed by atoms with Gasteiger partial charge >= 0.3 is 0 Å². The Balaban J connectivity index is 1.05. The van der Waals surface area contributed by atoms with Crippen LogP contribution in [0.4, 0.5) is 0 Å². The molecule has 5 heteroatoms. The summed E-state index contributed by atoms with van der Waals surface area (Å²) in [6, 6.07) is 60.8. The average Bonchev–Trinajstić information content (AvgIpc) is 4.07. The first kappa shape index (κ1) is 36.7. The van der Waals surface area contributed by atoms with Gasteiger partial charge in [0, 0.05) is 83.1 Å². The molecule has 7 aromatic carbocycles. The molecule has 0 saturated heterocycles. The fourth-order valence-corrected chi connectivity index (χ4v) is 11.1. The van der Waals surface area contributed by atoms with Crippen molar-refractivity contribution in [3.8, 4) is 5.69 Å². The summed E-state index contributed by atoms with van der Waals surface area (Å²) in [6.07, 6.45) is 3.75. The molecule has 12 aromatic rings. The van der Waals surface area contributed by atoms with E-state index >= 15 is 0 Å². The van der Waals surface area contributed by atoms with E-state index in [1.807, 2.05) is 6.07 Å². The zero-order chi connectivity index (χ0) is 41.9. The lowest BCUT2D eigenvalue weighted by Crippen LogP contribution is -2.38. The molecule has 3 atom stereocenters. The van der Waals surface area contributed by atoms with Crippen LogP contribution >= 0.6 is 0 Å². The number of hydrogen-bond donors (Lipinski definition) is 0. The van der Waals surface area contributed by atoms with Crippen LogP contribution in [0, 0.1) is 5.92 Å². The highest BCUT2D eigenvalue weighted by molar-refractivity contribution is 6.12. The Morgan fingerprint density at radius 1 is 0.500 bits per heavy atom. The van der Waals surface area contributed by atoms with Crippen LogP contribution in [0.3, 0.4) is 0 Å². The lowest BCUT2D eigenvalue weighted by molar-refractivity contribution is 0.270. The minimum absolute atomic E-state index is 0.312. The molecule has 0 radical (unpaired) electrons. The lowest BCUT2D eigenvalue weighted by atomic mass is 9.78. The van der Waals surface area contributed by atoms with E-state index in [0.717, 1.165) is 34.9 Å². The Bertz CT molecular complexity index is 3690. The van der Waals surface area contributed by atoms with Crippen LogP contribution in [0.2, 0.25) is 0 Å². The Morgan fingerprint density at radius 2 is 1.02 bits per heavy atom. The number of pyridine rings is 1. The molecule has 62 heavy (non-hydrogen) atoms. The molecule has 12 rings (SSSR count). The third kappa shape index (κ3) is 4.93. The van der Waals surface area contributed by atoms with Crippen LogP contribution in [0.25, 0.3) is 93.2 Å². The van der Waals surface area contributed by atoms with E-state index < -0.39 is 0 Å². The first-order valence-electron chi connectivity index (χ1n) is 22.2. The van der Waals surface area contributed by atoms with Crippen LogP contribution in [-0.4, -0.2) is 18.7 Å². The monoisotopic (exact) mass is 804 g/mol. The number of furan rings is 1. The smallest absolute Gasteiger partial charge is 0.227 e. The second kappa shape index (κ2) is 13.4. The summed E-state index contributed by atoms with van der Waals surface area (Å²) in [5.74, 6) is 0.361. The van der Waals surface area contributed by atoms with Gasteiger partial charge in [-0.3, -0.25) is 0 Å². The molecule has 0 aliphatic rings. The summed E-state index contributed by atoms with van der Waals surface area (Å²) >= 11 is 0. The predicted molar refractivity (Wildman–Crippen MR) is 260 cm³/mol. The van der Waals surface area contributed by atoms with E-state index in [1.165, 1.54) is 76.5 Å². The summed E-state index contributed by atoms with van der Waals surface area (Å²) in [5, 5.41) is 9.77. The van der Waals surface area contributed by atoms with Crippen molar-refractivity contribution in [1.29, 1.82) is 0 Å². The lowest BCUT2D eigenvalue weighted by Gasteiger charge is -2.39. The minimum atomic E-state index is -0.354. The molecule has 0 aliphatic heterocycles. The maximum Gasteiger partial charge on any atom is 0.227 e. The van der Waals surface area contributed by atoms with E-state index in [1.54, 1.807) is 6.20 Å². The summed E-state index contributed by atoms with van der Waals surface area (Å²) in [7, 11) is 0. The van der Waals surface area contributed by atoms with Gasteiger partial charge < -0.3 is 18.1 Å². The van der Waals surface area contributed by atoms with Gasteiger partial charge in [-0.25, -0.2) is 4.98 Å². The molecule has 3 unspecified atom stereocenters. The molecule has 302 valence electrons. The number of aromatic nitrogens is 4. The molecule has 5 nitrogen and oxygen atoms in total. The molecular formula is C57H48N4O. The first-order chi connectivity index (χ1) is 30.3. The van der Waals surface area contributed by atoms with Crippen molar-refractivity contribution in [2.45, 2.75) is 58.5 Å². The topological polar surface area (TPSA) is 40.8 Å². The fourth-order valence-electron chi connectivity index (χ4n) is 11.1. The summed E-state index contributed by atoms with van der Waals surface area (Å²) in [4.78, 5) is 4.49. The molecule has 0 bridgehead atoms. The van der Waals surface area contributed by atoms with Crippen molar-refractivity contribution < 1.29 is 4.42 Å². The predicted octanol–water partition coefficient (Wildman–Crippen LogP) is 15.3. The van der Waals surface area contributed by atoms with E-state index in [4.69, 9.17) is 4.42 Å². The van der Waals surface area contributed by atoms with Crippen molar-refractivity contribution in [3.63, 3.8) is 0 Å². The summed E-state index contributed by atoms with van der Waals surface area (Å²) < 4.78 is 13.9. The fraction of sp³-hybridized carbons (Fsp3) is 0.175. The van der Waals surface area contributed by atoms with Crippen LogP contribution in [0.1, 0.15) is 58.6 Å². The van der Waals surface area contributed by atoms with Crippen LogP contribution < -0.4 is 0 Å². The first-order valence-corrected chi connectivity index (χ1v) is 22.2. The van der Waals surface area contributed by atoms with Gasteiger partial charge in [0.05, 0.1) is 22.1 Å². The van der Waals surface area contributed by atoms with Gasteiger partial charge in [0.15, 0.2) is 0 Å². The molecule has 0 N–H and O–H groups in total. The average molecular weight is 805 g/mol. The highest BCUT2D eigenvalue weighted by Crippen LogP contribution is 2.47. The summed E-state index contributed by atoms with van der Waals surface area (Å²) in [6.45, 7) is 12.0. The number of fused-ring (bicyclic) bond motifs is 12. The second-order valence-corrected chi connectivity index (χ2v) is 17.8. The van der Waals surface area contributed by atoms with Crippen molar-refractivity contribution >= 4 is 87.5 Å². The zero-order valence-corrected chi connectivity index (χ0v) is 35.9. The van der Waals surface area contributed by atoms with Crippen LogP contribution in [0.15, 0.2) is 174 Å². The van der Waals surface area contributed by atoms with Gasteiger partial charge in [0.25, 0.3) is 0 Å². The summed E-state index contributed by atoms with van der Waals surface area (Å²) in [5.41, 5.74) is 11.9. The Hall–Kier alpha value is -7.11. The van der Waals surface area contributed by atoms with Crippen LogP contribution in [-0.2, 0) is 11.1 Å². The minimum Gasteiger partial charge on any atom is -0.438 e. The molecule has 0 aliphatic carbocycles.